The third-order valence-electron chi connectivity index (χ3n) is 3.06. The van der Waals surface area contributed by atoms with E-state index in [1.165, 1.54) is 18.4 Å². The van der Waals surface area contributed by atoms with Crippen LogP contribution < -0.4 is 10.1 Å². The summed E-state index contributed by atoms with van der Waals surface area (Å²) in [6.07, 6.45) is 0.496. The van der Waals surface area contributed by atoms with Gasteiger partial charge in [-0.05, 0) is 37.1 Å². The van der Waals surface area contributed by atoms with E-state index in [1.54, 1.807) is 18.2 Å². The first kappa shape index (κ1) is 16.0. The topological polar surface area (TPSA) is 75.6 Å². The highest BCUT2D eigenvalue weighted by atomic mass is 32.1. The number of rotatable bonds is 6. The number of carbonyl (C=O) groups excluding carboxylic acids is 1. The lowest BCUT2D eigenvalue weighted by molar-refractivity contribution is -0.136. The number of anilines is 1. The number of aliphatic carboxylic acids is 1. The fraction of sp³-hybridized carbons (Fsp3) is 0.250. The number of carbonyl (C=O) groups is 2. The summed E-state index contributed by atoms with van der Waals surface area (Å²) in [6, 6.07) is 9.02. The van der Waals surface area contributed by atoms with E-state index in [0.717, 1.165) is 10.4 Å². The van der Waals surface area contributed by atoms with Gasteiger partial charge in [-0.15, -0.1) is 11.3 Å². The molecule has 0 bridgehead atoms. The van der Waals surface area contributed by atoms with Crippen molar-refractivity contribution in [2.45, 2.75) is 19.8 Å². The molecule has 0 spiro atoms. The number of carboxylic acids is 1. The van der Waals surface area contributed by atoms with Crippen molar-refractivity contribution >= 4 is 28.9 Å². The van der Waals surface area contributed by atoms with Crippen molar-refractivity contribution in [1.29, 1.82) is 0 Å². The zero-order chi connectivity index (χ0) is 16.1. The number of ether oxygens (including phenoxy) is 1. The Morgan fingerprint density at radius 3 is 2.77 bits per heavy atom. The van der Waals surface area contributed by atoms with Crippen molar-refractivity contribution in [1.82, 2.24) is 0 Å². The van der Waals surface area contributed by atoms with Crippen LogP contribution in [0.1, 0.15) is 26.5 Å². The van der Waals surface area contributed by atoms with Gasteiger partial charge in [0.2, 0.25) is 0 Å². The van der Waals surface area contributed by atoms with Gasteiger partial charge in [-0.1, -0.05) is 12.1 Å². The molecule has 0 saturated heterocycles. The van der Waals surface area contributed by atoms with Crippen LogP contribution in [0, 0.1) is 6.92 Å². The molecule has 5 nitrogen and oxygen atoms in total. The molecule has 0 saturated carbocycles. The highest BCUT2D eigenvalue weighted by Crippen LogP contribution is 2.29. The van der Waals surface area contributed by atoms with Crippen LogP contribution in [0.25, 0.3) is 0 Å². The summed E-state index contributed by atoms with van der Waals surface area (Å²) in [5.41, 5.74) is 1.51. The molecule has 1 amide bonds. The second-order valence-corrected chi connectivity index (χ2v) is 6.06. The van der Waals surface area contributed by atoms with Gasteiger partial charge in [0.15, 0.2) is 0 Å². The molecule has 1 aromatic carbocycles. The largest absolute Gasteiger partial charge is 0.495 e. The molecule has 2 aromatic rings. The minimum Gasteiger partial charge on any atom is -0.495 e. The van der Waals surface area contributed by atoms with Crippen molar-refractivity contribution in [2.24, 2.45) is 0 Å². The van der Waals surface area contributed by atoms with E-state index in [9.17, 15) is 9.59 Å². The first-order chi connectivity index (χ1) is 10.5. The third-order valence-corrected chi connectivity index (χ3v) is 4.09. The third kappa shape index (κ3) is 4.08. The van der Waals surface area contributed by atoms with Crippen LogP contribution >= 0.6 is 11.3 Å². The molecule has 22 heavy (non-hydrogen) atoms. The molecule has 0 fully saturated rings. The maximum absolute atomic E-state index is 12.3. The molecule has 0 unspecified atom stereocenters. The van der Waals surface area contributed by atoms with Gasteiger partial charge >= 0.3 is 5.97 Å². The molecule has 0 aliphatic carbocycles. The normalized spacial score (nSPS) is 10.3. The summed E-state index contributed by atoms with van der Waals surface area (Å²) < 4.78 is 5.20. The Morgan fingerprint density at radius 1 is 1.32 bits per heavy atom. The first-order valence-corrected chi connectivity index (χ1v) is 7.57. The second-order valence-electron chi connectivity index (χ2n) is 4.80. The summed E-state index contributed by atoms with van der Waals surface area (Å²) in [4.78, 5) is 24.4. The average molecular weight is 319 g/mol. The summed E-state index contributed by atoms with van der Waals surface area (Å²) in [5.74, 6) is -0.513. The Hall–Kier alpha value is -2.34. The van der Waals surface area contributed by atoms with E-state index in [2.05, 4.69) is 5.32 Å². The molecule has 1 aromatic heterocycles. The molecule has 0 aliphatic heterocycles. The lowest BCUT2D eigenvalue weighted by Crippen LogP contribution is -2.11. The Labute approximate surface area is 132 Å². The predicted octanol–water partition coefficient (Wildman–Crippen LogP) is 3.33. The number of nitrogens with one attached hydrogen (secondary N) is 1. The van der Waals surface area contributed by atoms with Gasteiger partial charge < -0.3 is 15.2 Å². The van der Waals surface area contributed by atoms with Crippen LogP contribution in [0.3, 0.4) is 0 Å². The number of amides is 1. The van der Waals surface area contributed by atoms with Crippen LogP contribution in [0.2, 0.25) is 0 Å². The number of thiophene rings is 1. The smallest absolute Gasteiger partial charge is 0.303 e. The van der Waals surface area contributed by atoms with E-state index in [1.807, 2.05) is 19.1 Å². The zero-order valence-electron chi connectivity index (χ0n) is 12.4. The van der Waals surface area contributed by atoms with Crippen LogP contribution in [-0.4, -0.2) is 24.1 Å². The maximum Gasteiger partial charge on any atom is 0.303 e. The first-order valence-electron chi connectivity index (χ1n) is 6.76. The summed E-state index contributed by atoms with van der Waals surface area (Å²) in [7, 11) is 1.53. The number of methoxy groups -OCH3 is 1. The quantitative estimate of drug-likeness (QED) is 0.856. The highest BCUT2D eigenvalue weighted by molar-refractivity contribution is 7.14. The summed E-state index contributed by atoms with van der Waals surface area (Å²) in [5, 5.41) is 11.5. The van der Waals surface area contributed by atoms with Crippen LogP contribution in [0.4, 0.5) is 5.69 Å². The Morgan fingerprint density at radius 2 is 2.09 bits per heavy atom. The van der Waals surface area contributed by atoms with E-state index in [-0.39, 0.29) is 12.3 Å². The fourth-order valence-corrected chi connectivity index (χ4v) is 2.92. The molecule has 0 aliphatic rings. The fourth-order valence-electron chi connectivity index (χ4n) is 2.04. The Balaban J connectivity index is 2.11. The number of carboxylic acid groups (broad SMARTS) is 1. The van der Waals surface area contributed by atoms with E-state index in [0.29, 0.717) is 22.7 Å². The van der Waals surface area contributed by atoms with Gasteiger partial charge in [-0.2, -0.15) is 0 Å². The van der Waals surface area contributed by atoms with Gasteiger partial charge in [-0.3, -0.25) is 9.59 Å². The van der Waals surface area contributed by atoms with Gasteiger partial charge in [0.1, 0.15) is 10.6 Å². The van der Waals surface area contributed by atoms with E-state index < -0.39 is 5.97 Å². The zero-order valence-corrected chi connectivity index (χ0v) is 13.2. The van der Waals surface area contributed by atoms with Crippen molar-refractivity contribution in [2.75, 3.05) is 12.4 Å². The number of aryl methyl sites for hydroxylation is 2. The molecule has 1 heterocycles. The predicted molar refractivity (Wildman–Crippen MR) is 86.0 cm³/mol. The summed E-state index contributed by atoms with van der Waals surface area (Å²) in [6.45, 7) is 1.91. The molecular formula is C16H17NO4S. The monoisotopic (exact) mass is 319 g/mol. The maximum atomic E-state index is 12.3. The second kappa shape index (κ2) is 7.09. The van der Waals surface area contributed by atoms with Crippen molar-refractivity contribution < 1.29 is 19.4 Å². The average Bonchev–Trinajstić information content (AvgIpc) is 2.87. The summed E-state index contributed by atoms with van der Waals surface area (Å²) >= 11 is 1.37. The lowest BCUT2D eigenvalue weighted by atomic mass is 10.1. The standard InChI is InChI=1S/C16H17NO4S/c1-10-8-13(21-2)15(22-10)16(20)17-12-5-3-4-11(9-12)6-7-14(18)19/h3-5,8-9H,6-7H2,1-2H3,(H,17,20)(H,18,19). The SMILES string of the molecule is COc1cc(C)sc1C(=O)Nc1cccc(CCC(=O)O)c1. The van der Waals surface area contributed by atoms with Crippen LogP contribution in [0.5, 0.6) is 5.75 Å². The highest BCUT2D eigenvalue weighted by Gasteiger charge is 2.16. The molecule has 2 N–H and O–H groups in total. The molecule has 6 heteroatoms. The van der Waals surface area contributed by atoms with E-state index in [4.69, 9.17) is 9.84 Å². The molecule has 0 atom stereocenters. The van der Waals surface area contributed by atoms with Crippen LogP contribution in [0.15, 0.2) is 30.3 Å². The minimum atomic E-state index is -0.840. The molecule has 0 radical (unpaired) electrons. The van der Waals surface area contributed by atoms with Gasteiger partial charge in [0.25, 0.3) is 5.91 Å². The van der Waals surface area contributed by atoms with Gasteiger partial charge in [-0.25, -0.2) is 0 Å². The Kier molecular flexibility index (Phi) is 5.16. The number of hydrogen-bond acceptors (Lipinski definition) is 4. The van der Waals surface area contributed by atoms with Crippen LogP contribution in [-0.2, 0) is 11.2 Å². The minimum absolute atomic E-state index is 0.0648. The number of benzene rings is 1. The van der Waals surface area contributed by atoms with Gasteiger partial charge in [0.05, 0.1) is 7.11 Å². The molecule has 2 rings (SSSR count). The van der Waals surface area contributed by atoms with Crippen molar-refractivity contribution in [3.8, 4) is 5.75 Å². The number of hydrogen-bond donors (Lipinski definition) is 2. The van der Waals surface area contributed by atoms with Crippen molar-refractivity contribution in [3.63, 3.8) is 0 Å². The molecular weight excluding hydrogens is 302 g/mol. The van der Waals surface area contributed by atoms with Gasteiger partial charge in [0, 0.05) is 17.0 Å². The van der Waals surface area contributed by atoms with Crippen molar-refractivity contribution in [3.05, 3.63) is 45.6 Å². The Bertz CT molecular complexity index is 693. The lowest BCUT2D eigenvalue weighted by Gasteiger charge is -2.07. The van der Waals surface area contributed by atoms with E-state index >= 15 is 0 Å². The molecule has 116 valence electrons.